The van der Waals surface area contributed by atoms with Crippen LogP contribution in [0.2, 0.25) is 0 Å². The van der Waals surface area contributed by atoms with Crippen LogP contribution in [-0.4, -0.2) is 16.6 Å². The van der Waals surface area contributed by atoms with Gasteiger partial charge in [-0.15, -0.1) is 11.6 Å². The van der Waals surface area contributed by atoms with Gasteiger partial charge < -0.3 is 5.11 Å². The lowest BCUT2D eigenvalue weighted by atomic mass is 9.77. The highest BCUT2D eigenvalue weighted by Crippen LogP contribution is 2.31. The Morgan fingerprint density at radius 1 is 1.00 bits per heavy atom. The van der Waals surface area contributed by atoms with Gasteiger partial charge in [0, 0.05) is 11.3 Å². The maximum atomic E-state index is 10.8. The van der Waals surface area contributed by atoms with Gasteiger partial charge in [0.2, 0.25) is 0 Å². The van der Waals surface area contributed by atoms with E-state index in [1.807, 2.05) is 57.2 Å². The Labute approximate surface area is 162 Å². The molecule has 2 aromatic carbocycles. The van der Waals surface area contributed by atoms with Gasteiger partial charge in [-0.25, -0.2) is 0 Å². The van der Waals surface area contributed by atoms with Crippen LogP contribution in [0.25, 0.3) is 6.08 Å². The lowest BCUT2D eigenvalue weighted by Crippen LogP contribution is -2.43. The predicted octanol–water partition coefficient (Wildman–Crippen LogP) is 5.89. The maximum absolute atomic E-state index is 10.8. The van der Waals surface area contributed by atoms with Crippen LogP contribution in [0.4, 0.5) is 0 Å². The summed E-state index contributed by atoms with van der Waals surface area (Å²) < 4.78 is 0. The van der Waals surface area contributed by atoms with E-state index in [-0.39, 0.29) is 11.8 Å². The molecule has 0 aliphatic carbocycles. The molecule has 2 aromatic rings. The highest BCUT2D eigenvalue weighted by Gasteiger charge is 2.37. The summed E-state index contributed by atoms with van der Waals surface area (Å²) in [5.41, 5.74) is 0.677. The van der Waals surface area contributed by atoms with Crippen LogP contribution in [0.3, 0.4) is 0 Å². The average Bonchev–Trinajstić information content (AvgIpc) is 2.64. The van der Waals surface area contributed by atoms with Gasteiger partial charge in [0.15, 0.2) is 0 Å². The van der Waals surface area contributed by atoms with E-state index in [4.69, 9.17) is 11.6 Å². The Morgan fingerprint density at radius 2 is 1.58 bits per heavy atom. The normalized spacial score (nSPS) is 15.1. The molecule has 2 unspecified atom stereocenters. The van der Waals surface area contributed by atoms with E-state index in [9.17, 15) is 5.11 Å². The lowest BCUT2D eigenvalue weighted by Gasteiger charge is -2.34. The minimum absolute atomic E-state index is 0.00764. The van der Waals surface area contributed by atoms with Gasteiger partial charge in [0.05, 0.1) is 5.88 Å². The number of hydrogen-bond acceptors (Lipinski definition) is 1. The Hall–Kier alpha value is -2.01. The third-order valence-electron chi connectivity index (χ3n) is 4.57. The SMILES string of the molecule is CC(C)(C)C(O)(C#CC(C/C=C/c1ccccc1)c1ccccc1)CCl. The number of allylic oxidation sites excluding steroid dienone is 1. The van der Waals surface area contributed by atoms with Crippen LogP contribution in [0, 0.1) is 17.3 Å². The first-order chi connectivity index (χ1) is 12.4. The van der Waals surface area contributed by atoms with Crippen molar-refractivity contribution in [2.24, 2.45) is 5.41 Å². The van der Waals surface area contributed by atoms with Crippen LogP contribution >= 0.6 is 11.6 Å². The molecule has 0 heterocycles. The molecule has 2 atom stereocenters. The minimum atomic E-state index is -1.22. The molecule has 1 nitrogen and oxygen atoms in total. The van der Waals surface area contributed by atoms with Crippen molar-refractivity contribution in [3.05, 3.63) is 77.9 Å². The molecule has 0 saturated heterocycles. The van der Waals surface area contributed by atoms with Gasteiger partial charge in [-0.2, -0.15) is 0 Å². The molecule has 0 fully saturated rings. The number of benzene rings is 2. The molecule has 1 N–H and O–H groups in total. The summed E-state index contributed by atoms with van der Waals surface area (Å²) in [7, 11) is 0. The first-order valence-corrected chi connectivity index (χ1v) is 9.47. The third kappa shape index (κ3) is 5.49. The van der Waals surface area contributed by atoms with E-state index < -0.39 is 11.0 Å². The molecule has 0 spiro atoms. The molecule has 2 heteroatoms. The molecule has 0 aromatic heterocycles. The summed E-state index contributed by atoms with van der Waals surface area (Å²) in [6.07, 6.45) is 5.02. The van der Waals surface area contributed by atoms with E-state index in [1.54, 1.807) is 0 Å². The van der Waals surface area contributed by atoms with Crippen molar-refractivity contribution in [1.82, 2.24) is 0 Å². The third-order valence-corrected chi connectivity index (χ3v) is 4.96. The molecule has 0 aliphatic rings. The van der Waals surface area contributed by atoms with Crippen LogP contribution in [0.15, 0.2) is 66.7 Å². The summed E-state index contributed by atoms with van der Waals surface area (Å²) in [4.78, 5) is 0. The molecule has 0 radical (unpaired) electrons. The molecular formula is C24H27ClO. The zero-order chi connectivity index (χ0) is 19.0. The molecule has 0 amide bonds. The summed E-state index contributed by atoms with van der Waals surface area (Å²) in [5, 5.41) is 10.8. The molecule has 0 aliphatic heterocycles. The average molecular weight is 367 g/mol. The van der Waals surface area contributed by atoms with Crippen molar-refractivity contribution >= 4 is 17.7 Å². The number of aliphatic hydroxyl groups is 1. The Bertz CT molecular complexity index is 763. The van der Waals surface area contributed by atoms with Gasteiger partial charge in [0.1, 0.15) is 5.60 Å². The Balaban J connectivity index is 2.26. The van der Waals surface area contributed by atoms with Crippen molar-refractivity contribution in [2.75, 3.05) is 5.88 Å². The zero-order valence-electron chi connectivity index (χ0n) is 15.7. The highest BCUT2D eigenvalue weighted by molar-refractivity contribution is 6.18. The van der Waals surface area contributed by atoms with E-state index in [2.05, 4.69) is 48.3 Å². The molecule has 2 rings (SSSR count). The fourth-order valence-electron chi connectivity index (χ4n) is 2.50. The fourth-order valence-corrected chi connectivity index (χ4v) is 2.96. The maximum Gasteiger partial charge on any atom is 0.143 e. The van der Waals surface area contributed by atoms with E-state index in [0.29, 0.717) is 0 Å². The second-order valence-electron chi connectivity index (χ2n) is 7.53. The largest absolute Gasteiger partial charge is 0.376 e. The Morgan fingerprint density at radius 3 is 2.12 bits per heavy atom. The predicted molar refractivity (Wildman–Crippen MR) is 112 cm³/mol. The summed E-state index contributed by atoms with van der Waals surface area (Å²) in [6, 6.07) is 20.4. The summed E-state index contributed by atoms with van der Waals surface area (Å²) in [5.74, 6) is 6.45. The van der Waals surface area contributed by atoms with E-state index in [0.717, 1.165) is 12.0 Å². The van der Waals surface area contributed by atoms with Gasteiger partial charge in [-0.3, -0.25) is 0 Å². The number of halogens is 1. The lowest BCUT2D eigenvalue weighted by molar-refractivity contribution is 0.0160. The van der Waals surface area contributed by atoms with Crippen molar-refractivity contribution in [3.8, 4) is 11.8 Å². The Kier molecular flexibility index (Phi) is 7.09. The molecular weight excluding hydrogens is 340 g/mol. The van der Waals surface area contributed by atoms with Crippen molar-refractivity contribution in [2.45, 2.75) is 38.7 Å². The molecule has 26 heavy (non-hydrogen) atoms. The van der Waals surface area contributed by atoms with Gasteiger partial charge in [-0.05, 0) is 17.5 Å². The summed E-state index contributed by atoms with van der Waals surface area (Å²) >= 11 is 6.04. The number of alkyl halides is 1. The molecule has 0 bridgehead atoms. The van der Waals surface area contributed by atoms with Crippen LogP contribution < -0.4 is 0 Å². The first kappa shape index (κ1) is 20.3. The van der Waals surface area contributed by atoms with Gasteiger partial charge in [0.25, 0.3) is 0 Å². The smallest absolute Gasteiger partial charge is 0.143 e. The minimum Gasteiger partial charge on any atom is -0.376 e. The number of rotatable bonds is 5. The second kappa shape index (κ2) is 9.08. The molecule has 0 saturated carbocycles. The number of hydrogen-bond donors (Lipinski definition) is 1. The highest BCUT2D eigenvalue weighted by atomic mass is 35.5. The second-order valence-corrected chi connectivity index (χ2v) is 7.79. The van der Waals surface area contributed by atoms with Gasteiger partial charge in [-0.1, -0.05) is 105 Å². The van der Waals surface area contributed by atoms with E-state index in [1.165, 1.54) is 5.56 Å². The van der Waals surface area contributed by atoms with Gasteiger partial charge >= 0.3 is 0 Å². The summed E-state index contributed by atoms with van der Waals surface area (Å²) in [6.45, 7) is 5.87. The zero-order valence-corrected chi connectivity index (χ0v) is 16.5. The monoisotopic (exact) mass is 366 g/mol. The quantitative estimate of drug-likeness (QED) is 0.516. The standard InChI is InChI=1S/C24H27ClO/c1-23(2,3)24(26,19-25)18-17-22(21-14-8-5-9-15-21)16-10-13-20-11-6-4-7-12-20/h4-15,22,26H,16,19H2,1-3H3/b13-10+. The van der Waals surface area contributed by atoms with Crippen LogP contribution in [0.5, 0.6) is 0 Å². The topological polar surface area (TPSA) is 20.2 Å². The van der Waals surface area contributed by atoms with E-state index >= 15 is 0 Å². The van der Waals surface area contributed by atoms with Crippen molar-refractivity contribution in [1.29, 1.82) is 0 Å². The van der Waals surface area contributed by atoms with Crippen molar-refractivity contribution in [3.63, 3.8) is 0 Å². The first-order valence-electron chi connectivity index (χ1n) is 8.93. The molecule has 136 valence electrons. The van der Waals surface area contributed by atoms with Crippen LogP contribution in [0.1, 0.15) is 44.2 Å². The van der Waals surface area contributed by atoms with Crippen LogP contribution in [-0.2, 0) is 0 Å². The van der Waals surface area contributed by atoms with Crippen molar-refractivity contribution < 1.29 is 5.11 Å². The fraction of sp³-hybridized carbons (Fsp3) is 0.333.